The summed E-state index contributed by atoms with van der Waals surface area (Å²) in [7, 11) is 0. The van der Waals surface area contributed by atoms with E-state index in [-0.39, 0.29) is 11.8 Å². The van der Waals surface area contributed by atoms with Crippen molar-refractivity contribution in [2.45, 2.75) is 19.8 Å². The van der Waals surface area contributed by atoms with E-state index < -0.39 is 0 Å². The van der Waals surface area contributed by atoms with Crippen LogP contribution < -0.4 is 4.90 Å². The third-order valence-corrected chi connectivity index (χ3v) is 4.26. The van der Waals surface area contributed by atoms with Crippen molar-refractivity contribution in [2.75, 3.05) is 44.2 Å². The van der Waals surface area contributed by atoms with Gasteiger partial charge in [-0.2, -0.15) is 0 Å². The second-order valence-corrected chi connectivity index (χ2v) is 5.73. The van der Waals surface area contributed by atoms with Crippen LogP contribution in [-0.4, -0.2) is 70.9 Å². The highest BCUT2D eigenvalue weighted by Crippen LogP contribution is 2.16. The van der Waals surface area contributed by atoms with E-state index in [1.807, 2.05) is 0 Å². The summed E-state index contributed by atoms with van der Waals surface area (Å²) in [6, 6.07) is 1.67. The maximum atomic E-state index is 12.6. The van der Waals surface area contributed by atoms with E-state index in [4.69, 9.17) is 0 Å². The van der Waals surface area contributed by atoms with Crippen molar-refractivity contribution in [3.05, 3.63) is 18.0 Å². The van der Waals surface area contributed by atoms with Crippen molar-refractivity contribution in [3.63, 3.8) is 0 Å². The highest BCUT2D eigenvalue weighted by atomic mass is 16.2. The number of anilines is 1. The Kier molecular flexibility index (Phi) is 4.22. The lowest BCUT2D eigenvalue weighted by Crippen LogP contribution is -2.50. The van der Waals surface area contributed by atoms with Crippen LogP contribution in [0.1, 0.15) is 30.3 Å². The molecule has 2 amide bonds. The summed E-state index contributed by atoms with van der Waals surface area (Å²) >= 11 is 0. The molecular formula is C15H21N5O2. The molecule has 2 aliphatic heterocycles. The maximum absolute atomic E-state index is 12.6. The standard InChI is InChI=1S/C15H21N5O2/c1-12(21)18-8-10-19(11-9-18)14(22)13-4-5-16-15(17-13)20-6-2-3-7-20/h4-5H,2-3,6-11H2,1H3. The molecule has 3 rings (SSSR count). The zero-order chi connectivity index (χ0) is 15.5. The van der Waals surface area contributed by atoms with Gasteiger partial charge in [0.1, 0.15) is 5.69 Å². The minimum atomic E-state index is -0.0777. The molecule has 2 aliphatic rings. The van der Waals surface area contributed by atoms with E-state index in [0.29, 0.717) is 37.8 Å². The smallest absolute Gasteiger partial charge is 0.272 e. The van der Waals surface area contributed by atoms with E-state index >= 15 is 0 Å². The Morgan fingerprint density at radius 3 is 2.27 bits per heavy atom. The number of aromatic nitrogens is 2. The Balaban J connectivity index is 1.67. The van der Waals surface area contributed by atoms with Gasteiger partial charge in [0.2, 0.25) is 11.9 Å². The maximum Gasteiger partial charge on any atom is 0.272 e. The van der Waals surface area contributed by atoms with E-state index in [9.17, 15) is 9.59 Å². The molecule has 0 spiro atoms. The molecule has 0 saturated carbocycles. The molecule has 7 nitrogen and oxygen atoms in total. The zero-order valence-corrected chi connectivity index (χ0v) is 12.9. The molecule has 118 valence electrons. The van der Waals surface area contributed by atoms with E-state index in [1.165, 1.54) is 0 Å². The molecule has 22 heavy (non-hydrogen) atoms. The zero-order valence-electron chi connectivity index (χ0n) is 12.9. The molecule has 0 unspecified atom stereocenters. The number of hydrogen-bond acceptors (Lipinski definition) is 5. The molecule has 7 heteroatoms. The fraction of sp³-hybridized carbons (Fsp3) is 0.600. The first-order valence-corrected chi connectivity index (χ1v) is 7.78. The molecule has 1 aromatic heterocycles. The Hall–Kier alpha value is -2.18. The van der Waals surface area contributed by atoms with Gasteiger partial charge in [0.15, 0.2) is 0 Å². The monoisotopic (exact) mass is 303 g/mol. The van der Waals surface area contributed by atoms with Gasteiger partial charge >= 0.3 is 0 Å². The molecule has 3 heterocycles. The van der Waals surface area contributed by atoms with E-state index in [2.05, 4.69) is 14.9 Å². The van der Waals surface area contributed by atoms with Crippen molar-refractivity contribution in [1.29, 1.82) is 0 Å². The number of carbonyl (C=O) groups is 2. The van der Waals surface area contributed by atoms with Crippen LogP contribution in [0.4, 0.5) is 5.95 Å². The van der Waals surface area contributed by atoms with Gasteiger partial charge in [-0.25, -0.2) is 9.97 Å². The average molecular weight is 303 g/mol. The summed E-state index contributed by atoms with van der Waals surface area (Å²) in [4.78, 5) is 38.2. The first-order valence-electron chi connectivity index (χ1n) is 7.78. The van der Waals surface area contributed by atoms with Crippen LogP contribution in [0.25, 0.3) is 0 Å². The normalized spacial score (nSPS) is 18.7. The van der Waals surface area contributed by atoms with Crippen LogP contribution in [0.3, 0.4) is 0 Å². The highest BCUT2D eigenvalue weighted by molar-refractivity contribution is 5.92. The SMILES string of the molecule is CC(=O)N1CCN(C(=O)c2ccnc(N3CCCC3)n2)CC1. The Bertz CT molecular complexity index is 563. The molecule has 0 radical (unpaired) electrons. The quantitative estimate of drug-likeness (QED) is 0.790. The number of rotatable bonds is 2. The molecular weight excluding hydrogens is 282 g/mol. The van der Waals surface area contributed by atoms with Crippen LogP contribution in [0.15, 0.2) is 12.3 Å². The lowest BCUT2D eigenvalue weighted by molar-refractivity contribution is -0.130. The van der Waals surface area contributed by atoms with Crippen molar-refractivity contribution >= 4 is 17.8 Å². The third-order valence-electron chi connectivity index (χ3n) is 4.26. The van der Waals surface area contributed by atoms with Gasteiger partial charge in [-0.05, 0) is 18.9 Å². The molecule has 0 aliphatic carbocycles. The number of amides is 2. The van der Waals surface area contributed by atoms with Crippen LogP contribution in [-0.2, 0) is 4.79 Å². The number of nitrogens with zero attached hydrogens (tertiary/aromatic N) is 5. The topological polar surface area (TPSA) is 69.6 Å². The fourth-order valence-electron chi connectivity index (χ4n) is 2.92. The summed E-state index contributed by atoms with van der Waals surface area (Å²) in [5.74, 6) is 0.627. The molecule has 0 bridgehead atoms. The summed E-state index contributed by atoms with van der Waals surface area (Å²) in [6.45, 7) is 5.76. The van der Waals surface area contributed by atoms with Gasteiger partial charge in [-0.15, -0.1) is 0 Å². The third kappa shape index (κ3) is 3.03. The molecule has 0 atom stereocenters. The number of hydrogen-bond donors (Lipinski definition) is 0. The molecule has 1 aromatic rings. The fourth-order valence-corrected chi connectivity index (χ4v) is 2.92. The van der Waals surface area contributed by atoms with Gasteiger partial charge in [-0.3, -0.25) is 9.59 Å². The van der Waals surface area contributed by atoms with Gasteiger partial charge < -0.3 is 14.7 Å². The van der Waals surface area contributed by atoms with Crippen LogP contribution in [0, 0.1) is 0 Å². The van der Waals surface area contributed by atoms with Gasteiger partial charge in [0.25, 0.3) is 5.91 Å². The van der Waals surface area contributed by atoms with Gasteiger partial charge in [0.05, 0.1) is 0 Å². The minimum Gasteiger partial charge on any atom is -0.341 e. The Morgan fingerprint density at radius 1 is 1.00 bits per heavy atom. The minimum absolute atomic E-state index is 0.0606. The largest absolute Gasteiger partial charge is 0.341 e. The second-order valence-electron chi connectivity index (χ2n) is 5.73. The highest BCUT2D eigenvalue weighted by Gasteiger charge is 2.25. The van der Waals surface area contributed by atoms with Gasteiger partial charge in [-0.1, -0.05) is 0 Å². The van der Waals surface area contributed by atoms with Gasteiger partial charge in [0, 0.05) is 52.4 Å². The lowest BCUT2D eigenvalue weighted by atomic mass is 10.2. The second kappa shape index (κ2) is 6.29. The van der Waals surface area contributed by atoms with Crippen molar-refractivity contribution < 1.29 is 9.59 Å². The molecule has 0 N–H and O–H groups in total. The summed E-state index contributed by atoms with van der Waals surface area (Å²) in [5, 5.41) is 0. The number of piperazine rings is 1. The molecule has 2 saturated heterocycles. The summed E-state index contributed by atoms with van der Waals surface area (Å²) in [6.07, 6.45) is 3.95. The molecule has 2 fully saturated rings. The van der Waals surface area contributed by atoms with Crippen LogP contribution in [0.5, 0.6) is 0 Å². The van der Waals surface area contributed by atoms with Crippen molar-refractivity contribution in [1.82, 2.24) is 19.8 Å². The lowest BCUT2D eigenvalue weighted by Gasteiger charge is -2.34. The van der Waals surface area contributed by atoms with E-state index in [1.54, 1.807) is 29.0 Å². The Morgan fingerprint density at radius 2 is 1.64 bits per heavy atom. The first-order chi connectivity index (χ1) is 10.6. The predicted octanol–water partition coefficient (Wildman–Crippen LogP) is 0.381. The Labute approximate surface area is 129 Å². The summed E-state index contributed by atoms with van der Waals surface area (Å²) < 4.78 is 0. The van der Waals surface area contributed by atoms with Crippen molar-refractivity contribution in [3.8, 4) is 0 Å². The van der Waals surface area contributed by atoms with Crippen molar-refractivity contribution in [2.24, 2.45) is 0 Å². The first kappa shape index (κ1) is 14.7. The summed E-state index contributed by atoms with van der Waals surface area (Å²) in [5.41, 5.74) is 0.438. The van der Waals surface area contributed by atoms with E-state index in [0.717, 1.165) is 25.9 Å². The molecule has 0 aromatic carbocycles. The predicted molar refractivity (Wildman–Crippen MR) is 81.6 cm³/mol. The van der Waals surface area contributed by atoms with Crippen LogP contribution >= 0.6 is 0 Å². The number of carbonyl (C=O) groups excluding carboxylic acids is 2. The van der Waals surface area contributed by atoms with Crippen LogP contribution in [0.2, 0.25) is 0 Å². The average Bonchev–Trinajstić information content (AvgIpc) is 3.09.